The Kier molecular flexibility index (Phi) is 6.04. The van der Waals surface area contributed by atoms with E-state index in [1.54, 1.807) is 37.4 Å². The van der Waals surface area contributed by atoms with E-state index in [1.807, 2.05) is 6.07 Å². The number of nitrogens with one attached hydrogen (secondary N) is 2. The minimum atomic E-state index is -3.83. The van der Waals surface area contributed by atoms with Gasteiger partial charge in [-0.1, -0.05) is 40.2 Å². The number of hydrogen-bond acceptors (Lipinski definition) is 5. The number of methoxy groups -OCH3 is 2. The number of benzene rings is 3. The summed E-state index contributed by atoms with van der Waals surface area (Å²) in [7, 11) is -0.787. The molecule has 2 N–H and O–H groups in total. The van der Waals surface area contributed by atoms with Crippen molar-refractivity contribution in [2.75, 3.05) is 24.3 Å². The normalized spacial score (nSPS) is 20.7. The summed E-state index contributed by atoms with van der Waals surface area (Å²) in [6.45, 7) is 0. The minimum absolute atomic E-state index is 0.149. The van der Waals surface area contributed by atoms with E-state index in [0.29, 0.717) is 23.1 Å². The molecular formula is C26H25BrN2O4S. The number of halogens is 1. The Morgan fingerprint density at radius 2 is 1.79 bits per heavy atom. The predicted molar refractivity (Wildman–Crippen MR) is 137 cm³/mol. The highest BCUT2D eigenvalue weighted by Crippen LogP contribution is 2.50. The van der Waals surface area contributed by atoms with Crippen LogP contribution in [0.3, 0.4) is 0 Å². The maximum Gasteiger partial charge on any atom is 0.262 e. The van der Waals surface area contributed by atoms with Gasteiger partial charge in [-0.05, 0) is 65.9 Å². The summed E-state index contributed by atoms with van der Waals surface area (Å²) in [5, 5.41) is 3.66. The molecule has 0 spiro atoms. The summed E-state index contributed by atoms with van der Waals surface area (Å²) in [6.07, 6.45) is 5.34. The number of rotatable bonds is 6. The summed E-state index contributed by atoms with van der Waals surface area (Å²) in [5.41, 5.74) is 3.53. The first-order chi connectivity index (χ1) is 16.4. The van der Waals surface area contributed by atoms with E-state index in [-0.39, 0.29) is 16.9 Å². The van der Waals surface area contributed by atoms with Gasteiger partial charge in [-0.25, -0.2) is 8.42 Å². The Hall–Kier alpha value is -2.97. The van der Waals surface area contributed by atoms with Crippen molar-refractivity contribution in [2.45, 2.75) is 23.3 Å². The summed E-state index contributed by atoms with van der Waals surface area (Å²) in [4.78, 5) is 0.215. The third-order valence-corrected chi connectivity index (χ3v) is 8.42. The van der Waals surface area contributed by atoms with Gasteiger partial charge in [0.2, 0.25) is 0 Å². The highest BCUT2D eigenvalue weighted by Gasteiger charge is 2.38. The van der Waals surface area contributed by atoms with Crippen molar-refractivity contribution in [1.29, 1.82) is 0 Å². The third kappa shape index (κ3) is 4.16. The minimum Gasteiger partial charge on any atom is -0.497 e. The zero-order valence-corrected chi connectivity index (χ0v) is 21.2. The molecular weight excluding hydrogens is 516 g/mol. The second kappa shape index (κ2) is 9.00. The van der Waals surface area contributed by atoms with Crippen molar-refractivity contribution in [1.82, 2.24) is 0 Å². The molecule has 0 saturated carbocycles. The topological polar surface area (TPSA) is 76.7 Å². The van der Waals surface area contributed by atoms with Crippen molar-refractivity contribution in [3.63, 3.8) is 0 Å². The number of sulfonamides is 1. The Bertz CT molecular complexity index is 1360. The predicted octanol–water partition coefficient (Wildman–Crippen LogP) is 6.09. The van der Waals surface area contributed by atoms with E-state index in [0.717, 1.165) is 22.1 Å². The molecule has 0 unspecified atom stereocenters. The lowest BCUT2D eigenvalue weighted by molar-refractivity contribution is 0.395. The van der Waals surface area contributed by atoms with Gasteiger partial charge in [0.25, 0.3) is 10.0 Å². The fourth-order valence-corrected chi connectivity index (χ4v) is 6.20. The highest BCUT2D eigenvalue weighted by atomic mass is 79.9. The maximum atomic E-state index is 13.3. The van der Waals surface area contributed by atoms with E-state index in [2.05, 4.69) is 62.4 Å². The Morgan fingerprint density at radius 1 is 1.00 bits per heavy atom. The second-order valence-electron chi connectivity index (χ2n) is 8.45. The fraction of sp³-hybridized carbons (Fsp3) is 0.231. The van der Waals surface area contributed by atoms with Gasteiger partial charge >= 0.3 is 0 Å². The van der Waals surface area contributed by atoms with Crippen LogP contribution in [0.25, 0.3) is 0 Å². The van der Waals surface area contributed by atoms with Gasteiger partial charge < -0.3 is 14.8 Å². The van der Waals surface area contributed by atoms with E-state index < -0.39 is 10.0 Å². The molecule has 3 aromatic carbocycles. The number of hydrogen-bond donors (Lipinski definition) is 2. The van der Waals surface area contributed by atoms with Crippen LogP contribution >= 0.6 is 15.9 Å². The quantitative estimate of drug-likeness (QED) is 0.369. The van der Waals surface area contributed by atoms with Crippen LogP contribution in [-0.2, 0) is 10.0 Å². The molecule has 0 radical (unpaired) electrons. The van der Waals surface area contributed by atoms with Crippen LogP contribution in [0.1, 0.15) is 29.5 Å². The Balaban J connectivity index is 1.47. The van der Waals surface area contributed by atoms with Gasteiger partial charge in [0.1, 0.15) is 11.5 Å². The molecule has 6 nitrogen and oxygen atoms in total. The zero-order valence-electron chi connectivity index (χ0n) is 18.8. The van der Waals surface area contributed by atoms with Crippen molar-refractivity contribution in [2.24, 2.45) is 5.92 Å². The molecule has 0 amide bonds. The lowest BCUT2D eigenvalue weighted by Gasteiger charge is -2.37. The van der Waals surface area contributed by atoms with Crippen molar-refractivity contribution >= 4 is 37.3 Å². The smallest absolute Gasteiger partial charge is 0.262 e. The Morgan fingerprint density at radius 3 is 2.53 bits per heavy atom. The van der Waals surface area contributed by atoms with Crippen LogP contribution in [0.4, 0.5) is 11.4 Å². The molecule has 0 aromatic heterocycles. The lowest BCUT2D eigenvalue weighted by Crippen LogP contribution is -2.29. The molecule has 34 heavy (non-hydrogen) atoms. The molecule has 0 bridgehead atoms. The fourth-order valence-electron chi connectivity index (χ4n) is 4.83. The second-order valence-corrected chi connectivity index (χ2v) is 11.0. The number of fused-ring (bicyclic) bond motifs is 3. The molecule has 176 valence electrons. The monoisotopic (exact) mass is 540 g/mol. The van der Waals surface area contributed by atoms with E-state index in [1.165, 1.54) is 12.7 Å². The molecule has 2 aliphatic rings. The first-order valence-corrected chi connectivity index (χ1v) is 13.2. The van der Waals surface area contributed by atoms with Crippen molar-refractivity contribution < 1.29 is 17.9 Å². The number of anilines is 2. The van der Waals surface area contributed by atoms with E-state index >= 15 is 0 Å². The van der Waals surface area contributed by atoms with Gasteiger partial charge in [-0.3, -0.25) is 4.72 Å². The standard InChI is InChI=1S/C26H25BrN2O4S/c1-32-18-10-12-24(25(14-18)33-2)29-34(30,31)19-11-13-23-22(15-19)20-4-3-5-21(20)26(28-23)16-6-8-17(27)9-7-16/h3-4,6-15,20-21,26,28-29H,5H2,1-2H3/t20-,21+,26+/m0/s1. The van der Waals surface area contributed by atoms with Gasteiger partial charge in [0.05, 0.1) is 30.8 Å². The molecule has 1 aliphatic carbocycles. The summed E-state index contributed by atoms with van der Waals surface area (Å²) in [6, 6.07) is 18.8. The number of ether oxygens (including phenoxy) is 2. The van der Waals surface area contributed by atoms with Gasteiger partial charge in [0, 0.05) is 22.1 Å². The molecule has 5 rings (SSSR count). The maximum absolute atomic E-state index is 13.3. The average Bonchev–Trinajstić information content (AvgIpc) is 3.34. The van der Waals surface area contributed by atoms with Crippen molar-refractivity contribution in [3.8, 4) is 11.5 Å². The molecule has 0 fully saturated rings. The van der Waals surface area contributed by atoms with Crippen LogP contribution in [0.15, 0.2) is 82.2 Å². The number of allylic oxidation sites excluding steroid dienone is 2. The average molecular weight is 541 g/mol. The molecule has 0 saturated heterocycles. The van der Waals surface area contributed by atoms with Crippen LogP contribution in [0.2, 0.25) is 0 Å². The molecule has 3 atom stereocenters. The molecule has 1 heterocycles. The largest absolute Gasteiger partial charge is 0.497 e. The third-order valence-electron chi connectivity index (χ3n) is 6.53. The highest BCUT2D eigenvalue weighted by molar-refractivity contribution is 9.10. The molecule has 3 aromatic rings. The Labute approximate surface area is 208 Å². The van der Waals surface area contributed by atoms with Gasteiger partial charge in [-0.2, -0.15) is 0 Å². The summed E-state index contributed by atoms with van der Waals surface area (Å²) in [5.74, 6) is 1.44. The first kappa shape index (κ1) is 22.8. The molecule has 1 aliphatic heterocycles. The van der Waals surface area contributed by atoms with Gasteiger partial charge in [-0.15, -0.1) is 0 Å². The van der Waals surface area contributed by atoms with Crippen LogP contribution in [0, 0.1) is 5.92 Å². The first-order valence-electron chi connectivity index (χ1n) is 11.0. The SMILES string of the molecule is COc1ccc(NS(=O)(=O)c2ccc3c(c2)[C@H]2C=CC[C@H]2[C@@H](c2ccc(Br)cc2)N3)c(OC)c1. The zero-order chi connectivity index (χ0) is 23.9. The lowest BCUT2D eigenvalue weighted by atomic mass is 9.77. The molecule has 8 heteroatoms. The van der Waals surface area contributed by atoms with Crippen LogP contribution in [-0.4, -0.2) is 22.6 Å². The summed E-state index contributed by atoms with van der Waals surface area (Å²) >= 11 is 3.51. The van der Waals surface area contributed by atoms with Crippen LogP contribution in [0.5, 0.6) is 11.5 Å². The van der Waals surface area contributed by atoms with Crippen LogP contribution < -0.4 is 19.5 Å². The van der Waals surface area contributed by atoms with E-state index in [4.69, 9.17) is 9.47 Å². The van der Waals surface area contributed by atoms with E-state index in [9.17, 15) is 8.42 Å². The van der Waals surface area contributed by atoms with Gasteiger partial charge in [0.15, 0.2) is 0 Å². The summed E-state index contributed by atoms with van der Waals surface area (Å²) < 4.78 is 40.8. The van der Waals surface area contributed by atoms with Crippen molar-refractivity contribution in [3.05, 3.63) is 88.4 Å².